The number of nitriles is 1. The highest BCUT2D eigenvalue weighted by molar-refractivity contribution is 7.79. The topological polar surface area (TPSA) is 939 Å². The number of carbonyl (C=O) groups excluding carboxylic acids is 7. The third kappa shape index (κ3) is 76.9. The predicted octanol–water partition coefficient (Wildman–Crippen LogP) is -3.96. The first-order valence-electron chi connectivity index (χ1n) is 36.2. The molecule has 65 nitrogen and oxygen atoms in total. The van der Waals surface area contributed by atoms with Crippen LogP contribution in [0.2, 0.25) is 0 Å². The number of amides is 5. The summed E-state index contributed by atoms with van der Waals surface area (Å²) >= 11 is 0.410. The Kier molecular flexibility index (Phi) is 68.1. The lowest BCUT2D eigenvalue weighted by Crippen LogP contribution is -2.32. The summed E-state index contributed by atoms with van der Waals surface area (Å²) in [5.74, 6) is 1.72. The summed E-state index contributed by atoms with van der Waals surface area (Å²) in [6, 6.07) is 2.89. The maximum absolute atomic E-state index is 11.2. The van der Waals surface area contributed by atoms with Crippen molar-refractivity contribution < 1.29 is 107 Å². The molecule has 0 bridgehead atoms. The molecule has 0 spiro atoms. The highest BCUT2D eigenvalue weighted by atomic mass is 32.2. The Bertz CT molecular complexity index is 5730. The van der Waals surface area contributed by atoms with E-state index in [2.05, 4.69) is 170 Å². The van der Waals surface area contributed by atoms with Crippen molar-refractivity contribution in [3.05, 3.63) is 212 Å². The number of rotatable bonds is 5. The minimum atomic E-state index is -4.30. The predicted molar refractivity (Wildman–Crippen MR) is 461 cm³/mol. The number of hydrogen-bond donors (Lipinski definition) is 20. The van der Waals surface area contributed by atoms with Gasteiger partial charge in [0.1, 0.15) is 47.2 Å². The minimum Gasteiger partial charge on any atom is -0.504 e. The molecule has 10 aromatic heterocycles. The number of aromatic nitrogens is 24. The number of aromatic amines is 12. The molecule has 754 valence electrons. The Labute approximate surface area is 767 Å². The van der Waals surface area contributed by atoms with Gasteiger partial charge in [0.15, 0.2) is 30.1 Å². The third-order valence-corrected chi connectivity index (χ3v) is 13.1. The van der Waals surface area contributed by atoms with Crippen LogP contribution in [0, 0.1) is 73.8 Å². The van der Waals surface area contributed by atoms with Gasteiger partial charge >= 0.3 is 73.5 Å². The Morgan fingerprint density at radius 3 is 1.40 bits per heavy atom. The second-order valence-electron chi connectivity index (χ2n) is 23.5. The molecular formula is C65H98F3N33O32S3. The number of carbonyl (C=O) groups is 7. The SMILES string of the molecule is C=C1OC(C)=C(COC(C)=O)O1.CC(=O)NC#N.CC(=O)NCC(F)(F)F.CC(=O)NO.CC1=NOC(=O)C1.CC1=NS(=O)ON1.CCNC(C)=O.CONC(C)=O.Cc1c(O)c(=O)c1=O.Cc1cc(=O)[nH][nH]1.Cc1cc(=O)[nH]o1.Cc1n[nH]c(=O)[nH]1.Cc1n[nH]c(=O)o1.Cc1nn[nH]n1.Cc1noc(=O)[nH]1.Cc1nsc(=O)[nH]1.Cc1nsc(=O)[nH]1.Cn1nn[nH]c1=O.Cn1oc(=O)[nH]c1=O. The highest BCUT2D eigenvalue weighted by Crippen LogP contribution is 2.23. The van der Waals surface area contributed by atoms with E-state index < -0.39 is 69.6 Å². The molecule has 0 saturated carbocycles. The summed E-state index contributed by atoms with van der Waals surface area (Å²) in [5.41, 5.74) is 4.91. The molecule has 1 unspecified atom stereocenters. The van der Waals surface area contributed by atoms with Crippen LogP contribution in [0.25, 0.3) is 0 Å². The Balaban J connectivity index is -0.000000445. The first-order valence-corrected chi connectivity index (χ1v) is 38.7. The van der Waals surface area contributed by atoms with E-state index >= 15 is 0 Å². The van der Waals surface area contributed by atoms with Crippen molar-refractivity contribution in [2.45, 2.75) is 144 Å². The molecule has 14 rings (SSSR count). The average molecular weight is 2010 g/mol. The Hall–Kier alpha value is -17.1. The van der Waals surface area contributed by atoms with Gasteiger partial charge in [-0.1, -0.05) is 15.5 Å². The van der Waals surface area contributed by atoms with Crippen molar-refractivity contribution in [3.8, 4) is 11.9 Å². The molecule has 3 aliphatic heterocycles. The van der Waals surface area contributed by atoms with Crippen LogP contribution in [0.4, 0.5) is 13.2 Å². The molecule has 71 heteroatoms. The number of hydrogen-bond acceptors (Lipinski definition) is 47. The zero-order chi connectivity index (χ0) is 106. The van der Waals surface area contributed by atoms with E-state index in [1.165, 1.54) is 86.6 Å². The summed E-state index contributed by atoms with van der Waals surface area (Å²) in [6.45, 7) is 33.0. The van der Waals surface area contributed by atoms with Crippen LogP contribution in [-0.4, -0.2) is 221 Å². The number of aromatic hydroxyl groups is 1. The molecule has 0 aliphatic carbocycles. The van der Waals surface area contributed by atoms with Crippen LogP contribution in [0.1, 0.15) is 128 Å². The highest BCUT2D eigenvalue weighted by Gasteiger charge is 2.27. The number of oxime groups is 1. The molecule has 0 saturated heterocycles. The van der Waals surface area contributed by atoms with Gasteiger partial charge in [0.2, 0.25) is 40.9 Å². The van der Waals surface area contributed by atoms with E-state index in [4.69, 9.17) is 29.8 Å². The number of alkyl halides is 3. The number of hydroxylamine groups is 3. The normalized spacial score (nSPS) is 11.2. The number of tetrazole rings is 2. The van der Waals surface area contributed by atoms with Crippen LogP contribution in [0.3, 0.4) is 0 Å². The smallest absolute Gasteiger partial charge is 0.440 e. The van der Waals surface area contributed by atoms with Crippen LogP contribution in [-0.2, 0) is 87.1 Å². The van der Waals surface area contributed by atoms with Gasteiger partial charge in [-0.05, 0) is 100 Å². The lowest BCUT2D eigenvalue weighted by molar-refractivity contribution is -0.141. The van der Waals surface area contributed by atoms with E-state index in [-0.39, 0.29) is 85.8 Å². The summed E-state index contributed by atoms with van der Waals surface area (Å²) in [4.78, 5) is 211. The van der Waals surface area contributed by atoms with Gasteiger partial charge in [0.05, 0.1) is 26.3 Å². The molecular weight excluding hydrogens is 1910 g/mol. The molecule has 5 amide bonds. The standard InChI is InChI=1S/C8H10O4.C5H4O3.C4H6F3NO.C4H6N2O.2C4H5NO2.C4H9NO.C3H5N3O.C3H4N2O3.2C3H4N2O2.2C3H4N2OS.C3H4N2O.C3H7NO2.C2H4N4O.C2H4N4.C2H4N2O2S.C2H5NO2/c1-5-8(4-10-6(2)9)12-7(3)11-5;1-2-3(6)5(8)4(2)7;1-3(9)8-2-4(5,6)7;1-3-2-4(7)6-5-3;1-3-2-4(6)5-7-3;1-3-2-4(6)7-5-3;1-3-5-4(2)6;1-2-4-3(7)6-5-2;1-5-2(6)4-3(7)8-5;1-2-4-5-3(6)7-2;3*1-2-4-3(6)7-5-2;1-3(6)5-2-4;1-3(5)4-6-2;1-6-2(7)3-4-5-6;1-2-3-5-6-4-2;1-2-3-6-7(5)4-2;1-2(4)3-5/h3-4H2,1-2H3;6H,1H3;2H2,1H3,(H,8,9);2H,1H3,(H2,5,6,7);2H,1H3,(H,5,6);2H2,1H3;3H2,1-2H3,(H,5,6);1H3,(H2,4,5,6,7);1H3,(H,4,6,7);1H3,(H,5,6);3*1H3,(H,4,5,6);1H3,(H,5,6);1-2H3,(H,4,5);1H3,(H,3,5,7);1H3,(H,3,4,5,6);1H3,(H,3,4);5H,1H3,(H,3,4). The van der Waals surface area contributed by atoms with Crippen LogP contribution < -0.4 is 98.5 Å². The summed E-state index contributed by atoms with van der Waals surface area (Å²) in [5, 5.41) is 76.1. The summed E-state index contributed by atoms with van der Waals surface area (Å²) in [6.07, 6.45) is -2.47. The zero-order valence-electron chi connectivity index (χ0n) is 75.9. The molecule has 1 aromatic carbocycles. The maximum Gasteiger partial charge on any atom is 0.440 e. The number of allylic oxidation sites excluding steroid dienone is 1. The van der Waals surface area contributed by atoms with Crippen molar-refractivity contribution in [1.29, 1.82) is 5.26 Å². The number of amidine groups is 1. The first kappa shape index (κ1) is 127. The van der Waals surface area contributed by atoms with Crippen LogP contribution in [0.15, 0.2) is 121 Å². The van der Waals surface area contributed by atoms with Crippen molar-refractivity contribution in [3.63, 3.8) is 0 Å². The molecule has 1 atom stereocenters. The third-order valence-electron chi connectivity index (χ3n) is 11.2. The summed E-state index contributed by atoms with van der Waals surface area (Å²) < 4.78 is 92.6. The Morgan fingerprint density at radius 2 is 1.27 bits per heavy atom. The number of halogens is 3. The monoisotopic (exact) mass is 2010 g/mol. The number of nitrogens with zero attached hydrogens (tertiary/aromatic N) is 15. The molecule has 0 radical (unpaired) electrons. The fourth-order valence-corrected chi connectivity index (χ4v) is 7.18. The fourth-order valence-electron chi connectivity index (χ4n) is 5.78. The van der Waals surface area contributed by atoms with E-state index in [0.29, 0.717) is 64.5 Å². The second kappa shape index (κ2) is 72.7. The van der Waals surface area contributed by atoms with E-state index in [1.807, 2.05) is 24.1 Å². The number of ether oxygens (including phenoxy) is 3. The fraction of sp³-hybridized carbons (Fsp3) is 0.415. The lowest BCUT2D eigenvalue weighted by Gasteiger charge is -2.04. The van der Waals surface area contributed by atoms with E-state index in [9.17, 15) is 108 Å². The van der Waals surface area contributed by atoms with Gasteiger partial charge in [0, 0.05) is 109 Å². The molecule has 0 fully saturated rings. The minimum absolute atomic E-state index is 0.0394. The quantitative estimate of drug-likeness (QED) is 0.0149. The van der Waals surface area contributed by atoms with Crippen LogP contribution >= 0.6 is 23.1 Å². The average Bonchev–Trinajstić information content (AvgIpc) is 1.59. The molecule has 20 N–H and O–H groups in total. The van der Waals surface area contributed by atoms with Crippen LogP contribution in [0.5, 0.6) is 5.75 Å². The number of H-pyrrole nitrogens is 12. The van der Waals surface area contributed by atoms with Gasteiger partial charge in [-0.15, -0.1) is 19.7 Å². The lowest BCUT2D eigenvalue weighted by atomic mass is 10.1. The van der Waals surface area contributed by atoms with Gasteiger partial charge in [-0.25, -0.2) is 74.5 Å². The largest absolute Gasteiger partial charge is 0.504 e. The van der Waals surface area contributed by atoms with Crippen molar-refractivity contribution in [2.75, 3.05) is 26.8 Å². The molecule has 13 heterocycles. The van der Waals surface area contributed by atoms with Gasteiger partial charge in [0.25, 0.3) is 22.5 Å². The zero-order valence-corrected chi connectivity index (χ0v) is 78.3. The molecule has 136 heavy (non-hydrogen) atoms. The van der Waals surface area contributed by atoms with Gasteiger partial charge < -0.3 is 53.4 Å². The van der Waals surface area contributed by atoms with Crippen molar-refractivity contribution in [1.82, 2.24) is 153 Å². The van der Waals surface area contributed by atoms with Crippen molar-refractivity contribution >= 4 is 87.4 Å². The molecule has 11 aromatic rings. The van der Waals surface area contributed by atoms with E-state index in [0.717, 1.165) is 57.4 Å². The van der Waals surface area contributed by atoms with Crippen molar-refractivity contribution in [2.24, 2.45) is 23.6 Å². The number of esters is 1. The second-order valence-corrected chi connectivity index (χ2v) is 25.8. The van der Waals surface area contributed by atoms with Gasteiger partial charge in [-0.3, -0.25) is 102 Å². The number of nitrogens with one attached hydrogen (secondary N) is 18. The summed E-state index contributed by atoms with van der Waals surface area (Å²) in [7, 11) is 4.26. The molecule has 3 aliphatic rings. The van der Waals surface area contributed by atoms with E-state index in [1.54, 1.807) is 74.6 Å². The first-order chi connectivity index (χ1) is 63.2. The van der Waals surface area contributed by atoms with Gasteiger partial charge in [-0.2, -0.15) is 56.4 Å². The number of aryl methyl sites for hydroxylation is 10. The maximum atomic E-state index is 11.2. The Morgan fingerprint density at radius 1 is 0.684 bits per heavy atom.